The van der Waals surface area contributed by atoms with Crippen LogP contribution in [0.5, 0.6) is 0 Å². The Kier molecular flexibility index (Phi) is 5.09. The Bertz CT molecular complexity index is 1160. The molecule has 29 heavy (non-hydrogen) atoms. The van der Waals surface area contributed by atoms with E-state index < -0.39 is 0 Å². The molecule has 0 unspecified atom stereocenters. The fourth-order valence-corrected chi connectivity index (χ4v) is 3.11. The summed E-state index contributed by atoms with van der Waals surface area (Å²) < 4.78 is 10.5. The fraction of sp³-hybridized carbons (Fsp3) is 0.316. The van der Waals surface area contributed by atoms with Crippen LogP contribution in [0.3, 0.4) is 0 Å². The van der Waals surface area contributed by atoms with Crippen molar-refractivity contribution in [3.05, 3.63) is 48.3 Å². The number of hydrogen-bond acceptors (Lipinski definition) is 6. The van der Waals surface area contributed by atoms with Gasteiger partial charge in [0.05, 0.1) is 30.0 Å². The highest BCUT2D eigenvalue weighted by Gasteiger charge is 2.17. The molecule has 0 radical (unpaired) electrons. The van der Waals surface area contributed by atoms with Gasteiger partial charge in [-0.2, -0.15) is 15.3 Å². The van der Waals surface area contributed by atoms with Crippen LogP contribution in [0.2, 0.25) is 0 Å². The number of carbonyl (C=O) groups excluding carboxylic acids is 1. The molecule has 0 bridgehead atoms. The Morgan fingerprint density at radius 3 is 2.86 bits per heavy atom. The average Bonchev–Trinajstić information content (AvgIpc) is 3.44. The molecule has 1 amide bonds. The normalized spacial score (nSPS) is 11.3. The standard InChI is InChI=1S/C19H22N8O2/c1-4-26-13(3)15(10-22-26)17-6-7-20-18-8-16(24-27(17)18)19(28)23-14-9-21-25(11-14)12-29-5-2/h6-11H,4-5,12H2,1-3H3,(H,23,28). The number of nitrogens with one attached hydrogen (secondary N) is 1. The Hall–Kier alpha value is -3.53. The molecule has 150 valence electrons. The number of rotatable bonds is 7. The van der Waals surface area contributed by atoms with Crippen molar-refractivity contribution >= 4 is 17.2 Å². The molecular weight excluding hydrogens is 372 g/mol. The molecule has 0 aliphatic heterocycles. The molecule has 0 aromatic carbocycles. The molecule has 1 N–H and O–H groups in total. The highest BCUT2D eigenvalue weighted by atomic mass is 16.5. The van der Waals surface area contributed by atoms with Gasteiger partial charge in [0.2, 0.25) is 0 Å². The van der Waals surface area contributed by atoms with Crippen LogP contribution in [-0.4, -0.2) is 46.7 Å². The van der Waals surface area contributed by atoms with E-state index >= 15 is 0 Å². The molecule has 4 heterocycles. The summed E-state index contributed by atoms with van der Waals surface area (Å²) in [5, 5.41) is 15.8. The van der Waals surface area contributed by atoms with Gasteiger partial charge in [0.15, 0.2) is 11.3 Å². The van der Waals surface area contributed by atoms with Crippen molar-refractivity contribution < 1.29 is 9.53 Å². The van der Waals surface area contributed by atoms with Gasteiger partial charge in [0.1, 0.15) is 6.73 Å². The molecule has 0 atom stereocenters. The lowest BCUT2D eigenvalue weighted by Gasteiger charge is -2.04. The van der Waals surface area contributed by atoms with Crippen LogP contribution >= 0.6 is 0 Å². The molecule has 10 heteroatoms. The SMILES string of the molecule is CCOCn1cc(NC(=O)c2cc3nccc(-c4cnn(CC)c4C)n3n2)cn1. The van der Waals surface area contributed by atoms with Crippen molar-refractivity contribution in [3.8, 4) is 11.3 Å². The van der Waals surface area contributed by atoms with E-state index in [1.165, 1.54) is 0 Å². The number of fused-ring (bicyclic) bond motifs is 1. The van der Waals surface area contributed by atoms with Crippen molar-refractivity contribution in [2.75, 3.05) is 11.9 Å². The van der Waals surface area contributed by atoms with Crippen LogP contribution in [0.15, 0.2) is 36.9 Å². The minimum absolute atomic E-state index is 0.267. The van der Waals surface area contributed by atoms with Gasteiger partial charge in [-0.1, -0.05) is 0 Å². The molecule has 0 saturated carbocycles. The second-order valence-corrected chi connectivity index (χ2v) is 6.43. The third-order valence-electron chi connectivity index (χ3n) is 4.59. The number of aryl methyl sites for hydroxylation is 1. The lowest BCUT2D eigenvalue weighted by molar-refractivity contribution is 0.0792. The van der Waals surface area contributed by atoms with Gasteiger partial charge in [0, 0.05) is 36.7 Å². The molecule has 4 aromatic rings. The zero-order valence-corrected chi connectivity index (χ0v) is 16.5. The second-order valence-electron chi connectivity index (χ2n) is 6.43. The molecule has 0 saturated heterocycles. The first-order valence-corrected chi connectivity index (χ1v) is 9.39. The van der Waals surface area contributed by atoms with Crippen LogP contribution in [0.4, 0.5) is 5.69 Å². The Labute approximate surface area is 167 Å². The van der Waals surface area contributed by atoms with Crippen molar-refractivity contribution in [2.45, 2.75) is 34.0 Å². The number of anilines is 1. The number of aromatic nitrogens is 7. The van der Waals surface area contributed by atoms with E-state index in [-0.39, 0.29) is 11.6 Å². The van der Waals surface area contributed by atoms with Crippen molar-refractivity contribution in [1.29, 1.82) is 0 Å². The predicted molar refractivity (Wildman–Crippen MR) is 106 cm³/mol. The smallest absolute Gasteiger partial charge is 0.276 e. The van der Waals surface area contributed by atoms with Gasteiger partial charge in [-0.15, -0.1) is 0 Å². The van der Waals surface area contributed by atoms with E-state index in [0.717, 1.165) is 23.5 Å². The highest BCUT2D eigenvalue weighted by molar-refractivity contribution is 6.03. The predicted octanol–water partition coefficient (Wildman–Crippen LogP) is 2.36. The molecule has 0 spiro atoms. The third kappa shape index (κ3) is 3.61. The first-order valence-electron chi connectivity index (χ1n) is 9.39. The van der Waals surface area contributed by atoms with Crippen molar-refractivity contribution in [2.24, 2.45) is 0 Å². The minimum Gasteiger partial charge on any atom is -0.360 e. The largest absolute Gasteiger partial charge is 0.360 e. The molecule has 4 aromatic heterocycles. The first kappa shape index (κ1) is 18.8. The summed E-state index contributed by atoms with van der Waals surface area (Å²) in [6, 6.07) is 3.52. The molecule has 4 rings (SSSR count). The van der Waals surface area contributed by atoms with Crippen LogP contribution in [0.1, 0.15) is 30.0 Å². The van der Waals surface area contributed by atoms with Crippen molar-refractivity contribution in [1.82, 2.24) is 34.2 Å². The van der Waals surface area contributed by atoms with Crippen LogP contribution in [-0.2, 0) is 18.0 Å². The molecule has 0 aliphatic rings. The summed E-state index contributed by atoms with van der Waals surface area (Å²) in [5.74, 6) is -0.335. The topological polar surface area (TPSA) is 104 Å². The lowest BCUT2D eigenvalue weighted by atomic mass is 10.2. The van der Waals surface area contributed by atoms with E-state index in [1.54, 1.807) is 33.9 Å². The number of nitrogens with zero attached hydrogens (tertiary/aromatic N) is 7. The number of carbonyl (C=O) groups is 1. The van der Waals surface area contributed by atoms with Crippen LogP contribution in [0.25, 0.3) is 16.9 Å². The number of amides is 1. The summed E-state index contributed by atoms with van der Waals surface area (Å²) in [5.41, 5.74) is 4.23. The van der Waals surface area contributed by atoms with Gasteiger partial charge < -0.3 is 10.1 Å². The monoisotopic (exact) mass is 394 g/mol. The Morgan fingerprint density at radius 1 is 1.24 bits per heavy atom. The maximum atomic E-state index is 12.7. The summed E-state index contributed by atoms with van der Waals surface area (Å²) in [7, 11) is 0. The summed E-state index contributed by atoms with van der Waals surface area (Å²) in [6.07, 6.45) is 6.78. The zero-order valence-electron chi connectivity index (χ0n) is 16.5. The summed E-state index contributed by atoms with van der Waals surface area (Å²) >= 11 is 0. The van der Waals surface area contributed by atoms with Gasteiger partial charge >= 0.3 is 0 Å². The van der Waals surface area contributed by atoms with E-state index in [2.05, 4.69) is 25.6 Å². The summed E-state index contributed by atoms with van der Waals surface area (Å²) in [6.45, 7) is 7.66. The Balaban J connectivity index is 1.61. The number of hydrogen-bond donors (Lipinski definition) is 1. The molecule has 0 aliphatic carbocycles. The van der Waals surface area contributed by atoms with Gasteiger partial charge in [-0.3, -0.25) is 9.48 Å². The number of ether oxygens (including phenoxy) is 1. The molecular formula is C19H22N8O2. The molecule has 10 nitrogen and oxygen atoms in total. The zero-order chi connectivity index (χ0) is 20.4. The van der Waals surface area contributed by atoms with Crippen molar-refractivity contribution in [3.63, 3.8) is 0 Å². The van der Waals surface area contributed by atoms with E-state index in [4.69, 9.17) is 4.74 Å². The third-order valence-corrected chi connectivity index (χ3v) is 4.59. The van der Waals surface area contributed by atoms with Gasteiger partial charge in [0.25, 0.3) is 5.91 Å². The fourth-order valence-electron chi connectivity index (χ4n) is 3.11. The van der Waals surface area contributed by atoms with Crippen LogP contribution < -0.4 is 5.32 Å². The van der Waals surface area contributed by atoms with E-state index in [9.17, 15) is 4.79 Å². The average molecular weight is 394 g/mol. The second kappa shape index (κ2) is 7.84. The lowest BCUT2D eigenvalue weighted by Crippen LogP contribution is -2.12. The maximum Gasteiger partial charge on any atom is 0.276 e. The van der Waals surface area contributed by atoms with Crippen LogP contribution in [0, 0.1) is 6.92 Å². The quantitative estimate of drug-likeness (QED) is 0.516. The van der Waals surface area contributed by atoms with Gasteiger partial charge in [-0.25, -0.2) is 14.2 Å². The first-order chi connectivity index (χ1) is 14.1. The molecule has 0 fully saturated rings. The van der Waals surface area contributed by atoms with E-state index in [0.29, 0.717) is 24.7 Å². The van der Waals surface area contributed by atoms with Gasteiger partial charge in [-0.05, 0) is 26.8 Å². The highest BCUT2D eigenvalue weighted by Crippen LogP contribution is 2.23. The summed E-state index contributed by atoms with van der Waals surface area (Å²) in [4.78, 5) is 17.0. The maximum absolute atomic E-state index is 12.7. The van der Waals surface area contributed by atoms with E-state index in [1.807, 2.05) is 37.7 Å². The Morgan fingerprint density at radius 2 is 2.10 bits per heavy atom. The minimum atomic E-state index is -0.335.